The molecule has 0 bridgehead atoms. The summed E-state index contributed by atoms with van der Waals surface area (Å²) in [6.07, 6.45) is 2.00. The van der Waals surface area contributed by atoms with Gasteiger partial charge in [-0.2, -0.15) is 0 Å². The van der Waals surface area contributed by atoms with Crippen molar-refractivity contribution in [2.45, 2.75) is 38.7 Å². The largest absolute Gasteiger partial charge is 0.380 e. The predicted octanol–water partition coefficient (Wildman–Crippen LogP) is 2.57. The number of nitrogens with one attached hydrogen (secondary N) is 1. The molecule has 0 aliphatic heterocycles. The number of aliphatic hydroxyl groups excluding tert-OH is 1. The molecule has 1 amide bonds. The van der Waals surface area contributed by atoms with Gasteiger partial charge in [0.05, 0.1) is 6.42 Å². The summed E-state index contributed by atoms with van der Waals surface area (Å²) in [5.74, 6) is 5.33. The van der Waals surface area contributed by atoms with Crippen LogP contribution in [-0.2, 0) is 4.79 Å². The highest BCUT2D eigenvalue weighted by Gasteiger charge is 2.07. The number of anilines is 1. The molecule has 18 heavy (non-hydrogen) atoms. The smallest absolute Gasteiger partial charge is 0.227 e. The normalized spacial score (nSPS) is 11.2. The van der Waals surface area contributed by atoms with Crippen molar-refractivity contribution in [2.24, 2.45) is 0 Å². The summed E-state index contributed by atoms with van der Waals surface area (Å²) >= 11 is 0. The van der Waals surface area contributed by atoms with Gasteiger partial charge >= 0.3 is 0 Å². The summed E-state index contributed by atoms with van der Waals surface area (Å²) in [7, 11) is 0. The maximum Gasteiger partial charge on any atom is 0.227 e. The van der Waals surface area contributed by atoms with E-state index in [0.29, 0.717) is 0 Å². The number of benzene rings is 1. The molecule has 0 heterocycles. The Kier molecular flexibility index (Phi) is 6.60. The average molecular weight is 245 g/mol. The van der Waals surface area contributed by atoms with Gasteiger partial charge in [-0.1, -0.05) is 37.5 Å². The molecule has 1 aromatic rings. The molecule has 0 aliphatic carbocycles. The average Bonchev–Trinajstić information content (AvgIpc) is 2.35. The van der Waals surface area contributed by atoms with E-state index in [1.807, 2.05) is 18.2 Å². The van der Waals surface area contributed by atoms with Gasteiger partial charge in [0.2, 0.25) is 5.91 Å². The van der Waals surface area contributed by atoms with Crippen molar-refractivity contribution >= 4 is 11.6 Å². The lowest BCUT2D eigenvalue weighted by atomic mass is 10.2. The number of carbonyl (C=O) groups excluding carboxylic acids is 1. The van der Waals surface area contributed by atoms with Crippen molar-refractivity contribution in [3.63, 3.8) is 0 Å². The van der Waals surface area contributed by atoms with Gasteiger partial charge in [-0.3, -0.25) is 4.79 Å². The molecule has 1 atom stereocenters. The van der Waals surface area contributed by atoms with Crippen LogP contribution in [0.2, 0.25) is 0 Å². The monoisotopic (exact) mass is 245 g/mol. The first-order valence-electron chi connectivity index (χ1n) is 6.23. The Morgan fingerprint density at radius 3 is 2.78 bits per heavy atom. The van der Waals surface area contributed by atoms with Gasteiger partial charge in [-0.15, -0.1) is 5.92 Å². The molecule has 0 saturated heterocycles. The summed E-state index contributed by atoms with van der Waals surface area (Å²) in [4.78, 5) is 11.6. The maximum atomic E-state index is 11.6. The van der Waals surface area contributed by atoms with Crippen LogP contribution in [0.15, 0.2) is 30.3 Å². The van der Waals surface area contributed by atoms with Gasteiger partial charge in [0, 0.05) is 12.1 Å². The summed E-state index contributed by atoms with van der Waals surface area (Å²) in [6, 6.07) is 9.17. The minimum Gasteiger partial charge on any atom is -0.380 e. The number of rotatable bonds is 5. The van der Waals surface area contributed by atoms with E-state index in [1.165, 1.54) is 0 Å². The van der Waals surface area contributed by atoms with Gasteiger partial charge in [0.1, 0.15) is 6.10 Å². The van der Waals surface area contributed by atoms with E-state index in [1.54, 1.807) is 12.1 Å². The molecule has 0 saturated carbocycles. The van der Waals surface area contributed by atoms with E-state index in [2.05, 4.69) is 24.1 Å². The van der Waals surface area contributed by atoms with Crippen LogP contribution in [0, 0.1) is 11.8 Å². The van der Waals surface area contributed by atoms with E-state index in [0.717, 1.165) is 24.9 Å². The van der Waals surface area contributed by atoms with Crippen LogP contribution in [-0.4, -0.2) is 17.1 Å². The molecule has 0 aromatic heterocycles. The molecule has 2 N–H and O–H groups in total. The fourth-order valence-corrected chi connectivity index (χ4v) is 1.42. The lowest BCUT2D eigenvalue weighted by molar-refractivity contribution is -0.117. The van der Waals surface area contributed by atoms with Crippen LogP contribution in [0.4, 0.5) is 5.69 Å². The summed E-state index contributed by atoms with van der Waals surface area (Å²) in [5, 5.41) is 12.3. The fraction of sp³-hybridized carbons (Fsp3) is 0.400. The molecule has 3 heteroatoms. The molecule has 96 valence electrons. The van der Waals surface area contributed by atoms with Crippen LogP contribution in [0.1, 0.15) is 32.6 Å². The second kappa shape index (κ2) is 8.32. The number of amides is 1. The van der Waals surface area contributed by atoms with Crippen molar-refractivity contribution in [3.8, 4) is 11.8 Å². The second-order valence-corrected chi connectivity index (χ2v) is 4.06. The Morgan fingerprint density at radius 1 is 1.39 bits per heavy atom. The van der Waals surface area contributed by atoms with Crippen LogP contribution in [0.5, 0.6) is 0 Å². The van der Waals surface area contributed by atoms with Crippen LogP contribution in [0.25, 0.3) is 0 Å². The third kappa shape index (κ3) is 6.07. The third-order valence-corrected chi connectivity index (χ3v) is 2.36. The zero-order valence-electron chi connectivity index (χ0n) is 10.6. The predicted molar refractivity (Wildman–Crippen MR) is 73.0 cm³/mol. The standard InChI is InChI=1S/C15H19NO2/c1-2-3-4-8-11-14(17)12-15(18)16-13-9-6-5-7-10-13/h5-7,9-10,14,17H,2-4,12H2,1H3,(H,16,18). The Bertz CT molecular complexity index is 417. The SMILES string of the molecule is CCCCC#CC(O)CC(=O)Nc1ccccc1. The molecule has 0 spiro atoms. The molecule has 0 fully saturated rings. The molecule has 0 aliphatic rings. The van der Waals surface area contributed by atoms with Crippen molar-refractivity contribution in [2.75, 3.05) is 5.32 Å². The van der Waals surface area contributed by atoms with Crippen molar-refractivity contribution in [1.82, 2.24) is 0 Å². The summed E-state index contributed by atoms with van der Waals surface area (Å²) < 4.78 is 0. The number of hydrogen-bond acceptors (Lipinski definition) is 2. The van der Waals surface area contributed by atoms with E-state index in [-0.39, 0.29) is 12.3 Å². The first kappa shape index (κ1) is 14.3. The molecule has 3 nitrogen and oxygen atoms in total. The minimum absolute atomic E-state index is 0.00796. The molecule has 1 unspecified atom stereocenters. The quantitative estimate of drug-likeness (QED) is 0.618. The first-order valence-corrected chi connectivity index (χ1v) is 6.23. The van der Waals surface area contributed by atoms with Crippen molar-refractivity contribution < 1.29 is 9.90 Å². The highest BCUT2D eigenvalue weighted by Crippen LogP contribution is 2.06. The van der Waals surface area contributed by atoms with Gasteiger partial charge in [0.15, 0.2) is 0 Å². The molecular formula is C15H19NO2. The molecule has 1 rings (SSSR count). The van der Waals surface area contributed by atoms with Crippen molar-refractivity contribution in [3.05, 3.63) is 30.3 Å². The Balaban J connectivity index is 2.33. The summed E-state index contributed by atoms with van der Waals surface area (Å²) in [5.41, 5.74) is 0.730. The van der Waals surface area contributed by atoms with E-state index < -0.39 is 6.10 Å². The first-order chi connectivity index (χ1) is 8.72. The minimum atomic E-state index is -0.884. The number of unbranched alkanes of at least 4 members (excludes halogenated alkanes) is 2. The lowest BCUT2D eigenvalue weighted by Gasteiger charge is -2.05. The molecular weight excluding hydrogens is 226 g/mol. The van der Waals surface area contributed by atoms with Crippen molar-refractivity contribution in [1.29, 1.82) is 0 Å². The van der Waals surface area contributed by atoms with Gasteiger partial charge < -0.3 is 10.4 Å². The van der Waals surface area contributed by atoms with Gasteiger partial charge in [-0.05, 0) is 18.6 Å². The third-order valence-electron chi connectivity index (χ3n) is 2.36. The van der Waals surface area contributed by atoms with E-state index in [9.17, 15) is 9.90 Å². The number of aliphatic hydroxyl groups is 1. The Morgan fingerprint density at radius 2 is 2.11 bits per heavy atom. The van der Waals surface area contributed by atoms with Crippen LogP contribution >= 0.6 is 0 Å². The lowest BCUT2D eigenvalue weighted by Crippen LogP contribution is -2.18. The zero-order chi connectivity index (χ0) is 13.2. The Hall–Kier alpha value is -1.79. The Labute approximate surface area is 108 Å². The number of para-hydroxylation sites is 1. The highest BCUT2D eigenvalue weighted by molar-refractivity contribution is 5.91. The topological polar surface area (TPSA) is 49.3 Å². The van der Waals surface area contributed by atoms with E-state index >= 15 is 0 Å². The van der Waals surface area contributed by atoms with Gasteiger partial charge in [0.25, 0.3) is 0 Å². The fourth-order valence-electron chi connectivity index (χ4n) is 1.42. The van der Waals surface area contributed by atoms with Crippen LogP contribution in [0.3, 0.4) is 0 Å². The number of hydrogen-bond donors (Lipinski definition) is 2. The molecule has 0 radical (unpaired) electrons. The maximum absolute atomic E-state index is 11.6. The highest BCUT2D eigenvalue weighted by atomic mass is 16.3. The van der Waals surface area contributed by atoms with E-state index in [4.69, 9.17) is 0 Å². The summed E-state index contributed by atoms with van der Waals surface area (Å²) in [6.45, 7) is 2.09. The van der Waals surface area contributed by atoms with Crippen LogP contribution < -0.4 is 5.32 Å². The number of carbonyl (C=O) groups is 1. The zero-order valence-corrected chi connectivity index (χ0v) is 10.6. The van der Waals surface area contributed by atoms with Gasteiger partial charge in [-0.25, -0.2) is 0 Å². The molecule has 1 aromatic carbocycles. The second-order valence-electron chi connectivity index (χ2n) is 4.06.